The van der Waals surface area contributed by atoms with Gasteiger partial charge in [-0.25, -0.2) is 0 Å². The molecule has 12 heavy (non-hydrogen) atoms. The topological polar surface area (TPSA) is 0 Å². The van der Waals surface area contributed by atoms with Gasteiger partial charge >= 0.3 is 0 Å². The molecule has 0 fully saturated rings. The largest absolute Gasteiger partial charge is 0.151 e. The molecule has 0 nitrogen and oxygen atoms in total. The van der Waals surface area contributed by atoms with Gasteiger partial charge in [0.2, 0.25) is 0 Å². The fourth-order valence-electron chi connectivity index (χ4n) is 1.21. The zero-order chi connectivity index (χ0) is 8.55. The number of hydrogen-bond donors (Lipinski definition) is 0. The predicted octanol–water partition coefficient (Wildman–Crippen LogP) is 4.34. The van der Waals surface area contributed by atoms with Crippen LogP contribution >= 0.6 is 18.9 Å². The van der Waals surface area contributed by atoms with Crippen LogP contribution < -0.4 is 0 Å². The molecule has 0 aliphatic carbocycles. The lowest BCUT2D eigenvalue weighted by Crippen LogP contribution is -1.63. The van der Waals surface area contributed by atoms with E-state index in [1.807, 2.05) is 0 Å². The lowest BCUT2D eigenvalue weighted by atomic mass is 10.2. The second kappa shape index (κ2) is 3.08. The maximum atomic E-state index is 2.40. The normalized spacial score (nSPS) is 10.5. The van der Waals surface area contributed by atoms with Crippen LogP contribution in [-0.2, 0) is 0 Å². The summed E-state index contributed by atoms with van der Waals surface area (Å²) in [6.45, 7) is 4.39. The molecule has 0 radical (unpaired) electrons. The Labute approximate surface area is 77.9 Å². The first kappa shape index (κ1) is 8.10. The van der Waals surface area contributed by atoms with Gasteiger partial charge in [-0.1, -0.05) is 7.53 Å². The van der Waals surface area contributed by atoms with Crippen molar-refractivity contribution in [3.05, 3.63) is 39.5 Å². The third-order valence-electron chi connectivity index (χ3n) is 2.09. The van der Waals surface area contributed by atoms with E-state index < -0.39 is 0 Å². The Morgan fingerprint density at radius 2 is 1.83 bits per heavy atom. The van der Waals surface area contributed by atoms with Crippen molar-refractivity contribution in [1.29, 1.82) is 0 Å². The first-order valence-electron chi connectivity index (χ1n) is 3.95. The summed E-state index contributed by atoms with van der Waals surface area (Å²) in [4.78, 5) is 0. The molecule has 0 saturated heterocycles. The van der Waals surface area contributed by atoms with E-state index in [0.717, 1.165) is 0 Å². The van der Waals surface area contributed by atoms with Gasteiger partial charge in [-0.05, 0) is 48.0 Å². The van der Waals surface area contributed by atoms with Crippen LogP contribution in [0, 0.1) is 13.8 Å². The molecule has 0 amide bonds. The smallest absolute Gasteiger partial charge is 0.00854 e. The van der Waals surface area contributed by atoms with E-state index >= 15 is 0 Å². The lowest BCUT2D eigenvalue weighted by Gasteiger charge is -1.89. The average Bonchev–Trinajstić information content (AvgIpc) is 2.61. The van der Waals surface area contributed by atoms with Gasteiger partial charge in [-0.3, -0.25) is 0 Å². The van der Waals surface area contributed by atoms with E-state index in [2.05, 4.69) is 42.3 Å². The molecule has 2 rings (SSSR count). The zero-order valence-corrected chi connectivity index (χ0v) is 8.95. The molecule has 0 N–H and O–H groups in total. The van der Waals surface area contributed by atoms with Crippen molar-refractivity contribution in [2.75, 3.05) is 0 Å². The van der Waals surface area contributed by atoms with Crippen molar-refractivity contribution < 1.29 is 0 Å². The highest BCUT2D eigenvalue weighted by Crippen LogP contribution is 2.42. The molecule has 2 aromatic rings. The summed E-state index contributed by atoms with van der Waals surface area (Å²) in [6.07, 6.45) is 0. The third-order valence-corrected chi connectivity index (χ3v) is 5.16. The highest BCUT2D eigenvalue weighted by molar-refractivity contribution is 7.56. The van der Waals surface area contributed by atoms with E-state index in [1.54, 1.807) is 11.3 Å². The quantitative estimate of drug-likeness (QED) is 0.633. The molecule has 0 unspecified atom stereocenters. The van der Waals surface area contributed by atoms with Crippen molar-refractivity contribution >= 4 is 18.9 Å². The minimum atomic E-state index is -0.0956. The molecule has 0 saturated carbocycles. The summed E-state index contributed by atoms with van der Waals surface area (Å²) in [5.74, 6) is 4.79. The Bertz CT molecular complexity index is 351. The van der Waals surface area contributed by atoms with Gasteiger partial charge in [0.15, 0.2) is 0 Å². The van der Waals surface area contributed by atoms with Crippen LogP contribution in [0.3, 0.4) is 0 Å². The Morgan fingerprint density at radius 1 is 1.17 bits per heavy atom. The van der Waals surface area contributed by atoms with E-state index in [9.17, 15) is 0 Å². The second-order valence-electron chi connectivity index (χ2n) is 3.01. The molecule has 2 heterocycles. The molecule has 62 valence electrons. The highest BCUT2D eigenvalue weighted by Gasteiger charge is 2.01. The SMILES string of the molecule is Cc1cp(-c2ccsc2)cc1C. The van der Waals surface area contributed by atoms with Crippen LogP contribution in [0.4, 0.5) is 0 Å². The van der Waals surface area contributed by atoms with Crippen LogP contribution in [0.5, 0.6) is 0 Å². The summed E-state index contributed by atoms with van der Waals surface area (Å²) in [5, 5.41) is 5.90. The molecular weight excluding hydrogens is 183 g/mol. The maximum Gasteiger partial charge on any atom is 0.00854 e. The van der Waals surface area contributed by atoms with Crippen molar-refractivity contribution in [2.24, 2.45) is 0 Å². The maximum absolute atomic E-state index is 2.40. The van der Waals surface area contributed by atoms with Crippen LogP contribution in [0.15, 0.2) is 28.4 Å². The first-order valence-corrected chi connectivity index (χ1v) is 6.37. The van der Waals surface area contributed by atoms with E-state index in [1.165, 1.54) is 16.4 Å². The Kier molecular flexibility index (Phi) is 2.08. The van der Waals surface area contributed by atoms with E-state index in [-0.39, 0.29) is 7.53 Å². The van der Waals surface area contributed by atoms with Crippen LogP contribution in [0.1, 0.15) is 11.1 Å². The van der Waals surface area contributed by atoms with Gasteiger partial charge in [0.25, 0.3) is 0 Å². The van der Waals surface area contributed by atoms with Gasteiger partial charge in [-0.2, -0.15) is 11.3 Å². The number of hydrogen-bond acceptors (Lipinski definition) is 1. The van der Waals surface area contributed by atoms with Gasteiger partial charge in [0.05, 0.1) is 0 Å². The van der Waals surface area contributed by atoms with Crippen LogP contribution in [0.25, 0.3) is 5.30 Å². The van der Waals surface area contributed by atoms with Crippen molar-refractivity contribution in [3.8, 4) is 5.30 Å². The van der Waals surface area contributed by atoms with Crippen molar-refractivity contribution in [2.45, 2.75) is 13.8 Å². The Balaban J connectivity index is 2.48. The minimum Gasteiger partial charge on any atom is -0.151 e. The summed E-state index contributed by atoms with van der Waals surface area (Å²) >= 11 is 1.79. The standard InChI is InChI=1S/C10H11PS/c1-8-5-11(6-9(8)2)10-3-4-12-7-10/h3-7H,1-2H3. The fraction of sp³-hybridized carbons (Fsp3) is 0.200. The molecule has 2 aromatic heterocycles. The predicted molar refractivity (Wildman–Crippen MR) is 57.8 cm³/mol. The molecule has 0 aliphatic rings. The second-order valence-corrected chi connectivity index (χ2v) is 5.64. The van der Waals surface area contributed by atoms with Gasteiger partial charge < -0.3 is 0 Å². The number of aryl methyl sites for hydroxylation is 2. The summed E-state index contributed by atoms with van der Waals surface area (Å²) in [6, 6.07) is 2.23. The lowest BCUT2D eigenvalue weighted by molar-refractivity contribution is 1.41. The monoisotopic (exact) mass is 194 g/mol. The minimum absolute atomic E-state index is 0.0956. The van der Waals surface area contributed by atoms with Crippen molar-refractivity contribution in [3.63, 3.8) is 0 Å². The Morgan fingerprint density at radius 3 is 2.33 bits per heavy atom. The van der Waals surface area contributed by atoms with E-state index in [4.69, 9.17) is 0 Å². The molecule has 0 aliphatic heterocycles. The van der Waals surface area contributed by atoms with E-state index in [0.29, 0.717) is 0 Å². The fourth-order valence-corrected chi connectivity index (χ4v) is 4.36. The average molecular weight is 194 g/mol. The summed E-state index contributed by atoms with van der Waals surface area (Å²) in [5.41, 5.74) is 2.90. The van der Waals surface area contributed by atoms with Gasteiger partial charge in [0, 0.05) is 10.7 Å². The Hall–Kier alpha value is -0.520. The van der Waals surface area contributed by atoms with Crippen LogP contribution in [0.2, 0.25) is 0 Å². The number of rotatable bonds is 1. The van der Waals surface area contributed by atoms with Crippen LogP contribution in [-0.4, -0.2) is 0 Å². The molecular formula is C10H11PS. The highest BCUT2D eigenvalue weighted by atomic mass is 32.1. The molecule has 0 atom stereocenters. The van der Waals surface area contributed by atoms with Gasteiger partial charge in [0.1, 0.15) is 0 Å². The molecule has 0 spiro atoms. The first-order chi connectivity index (χ1) is 5.77. The number of thiophene rings is 1. The summed E-state index contributed by atoms with van der Waals surface area (Å²) in [7, 11) is -0.0956. The molecule has 0 aromatic carbocycles. The zero-order valence-electron chi connectivity index (χ0n) is 7.24. The van der Waals surface area contributed by atoms with Crippen molar-refractivity contribution in [1.82, 2.24) is 0 Å². The molecule has 0 bridgehead atoms. The van der Waals surface area contributed by atoms with Gasteiger partial charge in [-0.15, -0.1) is 0 Å². The third kappa shape index (κ3) is 1.35. The molecule has 2 heteroatoms. The summed E-state index contributed by atoms with van der Waals surface area (Å²) < 4.78 is 0.